The van der Waals surface area contributed by atoms with E-state index in [4.69, 9.17) is 9.84 Å². The number of aliphatic carboxylic acids is 1. The topological polar surface area (TPSA) is 66.8 Å². The molecule has 0 aromatic heterocycles. The molecule has 5 heteroatoms. The van der Waals surface area contributed by atoms with Crippen molar-refractivity contribution >= 4 is 11.9 Å². The average Bonchev–Trinajstić information content (AvgIpc) is 2.55. The van der Waals surface area contributed by atoms with Gasteiger partial charge in [0.05, 0.1) is 11.5 Å². The van der Waals surface area contributed by atoms with Crippen molar-refractivity contribution in [2.24, 2.45) is 11.8 Å². The summed E-state index contributed by atoms with van der Waals surface area (Å²) in [4.78, 5) is 24.3. The minimum Gasteiger partial charge on any atom is -0.481 e. The smallest absolute Gasteiger partial charge is 0.308 e. The van der Waals surface area contributed by atoms with Crippen molar-refractivity contribution in [1.29, 1.82) is 0 Å². The zero-order valence-corrected chi connectivity index (χ0v) is 10.9. The molecule has 0 unspecified atom stereocenters. The molecule has 0 saturated carbocycles. The first kappa shape index (κ1) is 14.0. The molecule has 0 spiro atoms. The van der Waals surface area contributed by atoms with Gasteiger partial charge in [-0.05, 0) is 26.7 Å². The SMILES string of the molecule is C[C@@H]1CN(C(=O)COC(C)(C)C)C[C@H]1C(=O)O. The number of carbonyl (C=O) groups is 2. The van der Waals surface area contributed by atoms with Crippen molar-refractivity contribution in [3.8, 4) is 0 Å². The molecule has 1 aliphatic heterocycles. The third-order valence-corrected chi connectivity index (χ3v) is 2.91. The summed E-state index contributed by atoms with van der Waals surface area (Å²) < 4.78 is 5.40. The summed E-state index contributed by atoms with van der Waals surface area (Å²) in [6.07, 6.45) is 0. The third-order valence-electron chi connectivity index (χ3n) is 2.91. The van der Waals surface area contributed by atoms with Crippen molar-refractivity contribution in [3.63, 3.8) is 0 Å². The van der Waals surface area contributed by atoms with Crippen molar-refractivity contribution in [2.45, 2.75) is 33.3 Å². The summed E-state index contributed by atoms with van der Waals surface area (Å²) in [5.41, 5.74) is -0.354. The molecule has 1 aliphatic rings. The van der Waals surface area contributed by atoms with Crippen LogP contribution in [0.3, 0.4) is 0 Å². The van der Waals surface area contributed by atoms with Gasteiger partial charge < -0.3 is 14.7 Å². The van der Waals surface area contributed by atoms with E-state index in [2.05, 4.69) is 0 Å². The zero-order chi connectivity index (χ0) is 13.2. The number of amides is 1. The van der Waals surface area contributed by atoms with Crippen molar-refractivity contribution in [1.82, 2.24) is 4.90 Å². The van der Waals surface area contributed by atoms with Gasteiger partial charge >= 0.3 is 5.97 Å². The number of ether oxygens (including phenoxy) is 1. The van der Waals surface area contributed by atoms with E-state index in [9.17, 15) is 9.59 Å². The Morgan fingerprint density at radius 1 is 1.35 bits per heavy atom. The molecule has 0 aromatic rings. The van der Waals surface area contributed by atoms with Gasteiger partial charge in [0, 0.05) is 13.1 Å². The highest BCUT2D eigenvalue weighted by atomic mass is 16.5. The molecule has 1 N–H and O–H groups in total. The molecule has 1 saturated heterocycles. The monoisotopic (exact) mass is 243 g/mol. The Morgan fingerprint density at radius 2 is 1.94 bits per heavy atom. The molecule has 0 aliphatic carbocycles. The summed E-state index contributed by atoms with van der Waals surface area (Å²) in [5.74, 6) is -1.40. The standard InChI is InChI=1S/C12H21NO4/c1-8-5-13(6-9(8)11(15)16)10(14)7-17-12(2,3)4/h8-9H,5-7H2,1-4H3,(H,15,16)/t8-,9-/m1/s1. The van der Waals surface area contributed by atoms with E-state index < -0.39 is 11.9 Å². The molecule has 0 aromatic carbocycles. The molecule has 1 heterocycles. The van der Waals surface area contributed by atoms with Crippen LogP contribution < -0.4 is 0 Å². The molecule has 5 nitrogen and oxygen atoms in total. The lowest BCUT2D eigenvalue weighted by atomic mass is 9.99. The van der Waals surface area contributed by atoms with Crippen LogP contribution >= 0.6 is 0 Å². The average molecular weight is 243 g/mol. The molecule has 1 amide bonds. The third kappa shape index (κ3) is 4.00. The summed E-state index contributed by atoms with van der Waals surface area (Å²) in [6.45, 7) is 8.32. The zero-order valence-electron chi connectivity index (χ0n) is 10.9. The van der Waals surface area contributed by atoms with Gasteiger partial charge in [0.2, 0.25) is 5.91 Å². The minimum absolute atomic E-state index is 0.00564. The van der Waals surface area contributed by atoms with Crippen LogP contribution in [-0.2, 0) is 14.3 Å². The Hall–Kier alpha value is -1.10. The quantitative estimate of drug-likeness (QED) is 0.802. The molecule has 98 valence electrons. The Labute approximate surface area is 102 Å². The lowest BCUT2D eigenvalue weighted by Crippen LogP contribution is -2.35. The van der Waals surface area contributed by atoms with Crippen molar-refractivity contribution in [2.75, 3.05) is 19.7 Å². The van der Waals surface area contributed by atoms with Crippen LogP contribution in [0.4, 0.5) is 0 Å². The number of carboxylic acid groups (broad SMARTS) is 1. The number of rotatable bonds is 3. The number of carboxylic acids is 1. The first-order valence-corrected chi connectivity index (χ1v) is 5.85. The Balaban J connectivity index is 2.48. The van der Waals surface area contributed by atoms with Gasteiger partial charge in [-0.3, -0.25) is 9.59 Å². The highest BCUT2D eigenvalue weighted by Gasteiger charge is 2.37. The highest BCUT2D eigenvalue weighted by Crippen LogP contribution is 2.23. The molecule has 2 atom stereocenters. The van der Waals surface area contributed by atoms with Crippen molar-refractivity contribution < 1.29 is 19.4 Å². The van der Waals surface area contributed by atoms with Gasteiger partial charge in [0.1, 0.15) is 6.61 Å². The van der Waals surface area contributed by atoms with E-state index in [-0.39, 0.29) is 24.0 Å². The van der Waals surface area contributed by atoms with Crippen LogP contribution in [0, 0.1) is 11.8 Å². The largest absolute Gasteiger partial charge is 0.481 e. The summed E-state index contributed by atoms with van der Waals surface area (Å²) in [5, 5.41) is 8.97. The predicted octanol–water partition coefficient (Wildman–Crippen LogP) is 0.981. The van der Waals surface area contributed by atoms with Crippen molar-refractivity contribution in [3.05, 3.63) is 0 Å². The minimum atomic E-state index is -0.829. The van der Waals surface area contributed by atoms with Gasteiger partial charge in [0.25, 0.3) is 0 Å². The van der Waals surface area contributed by atoms with Crippen LogP contribution in [0.2, 0.25) is 0 Å². The second-order valence-corrected chi connectivity index (χ2v) is 5.62. The van der Waals surface area contributed by atoms with Gasteiger partial charge in [-0.25, -0.2) is 0 Å². The maximum Gasteiger partial charge on any atom is 0.308 e. The normalized spacial score (nSPS) is 25.1. The first-order valence-electron chi connectivity index (χ1n) is 5.85. The van der Waals surface area contributed by atoms with Crippen LogP contribution in [0.1, 0.15) is 27.7 Å². The summed E-state index contributed by atoms with van der Waals surface area (Å²) >= 11 is 0. The fourth-order valence-electron chi connectivity index (χ4n) is 1.86. The highest BCUT2D eigenvalue weighted by molar-refractivity contribution is 5.79. The molecule has 1 fully saturated rings. The lowest BCUT2D eigenvalue weighted by molar-refractivity contribution is -0.143. The van der Waals surface area contributed by atoms with E-state index in [1.54, 1.807) is 4.90 Å². The summed E-state index contributed by atoms with van der Waals surface area (Å²) in [7, 11) is 0. The first-order chi connectivity index (χ1) is 7.70. The maximum atomic E-state index is 11.8. The number of carbonyl (C=O) groups excluding carboxylic acids is 1. The van der Waals surface area contributed by atoms with Gasteiger partial charge in [0.15, 0.2) is 0 Å². The van der Waals surface area contributed by atoms with E-state index >= 15 is 0 Å². The molecular formula is C12H21NO4. The fraction of sp³-hybridized carbons (Fsp3) is 0.833. The second kappa shape index (κ2) is 5.04. The predicted molar refractivity (Wildman–Crippen MR) is 62.6 cm³/mol. The number of hydrogen-bond donors (Lipinski definition) is 1. The molecular weight excluding hydrogens is 222 g/mol. The Kier molecular flexibility index (Phi) is 4.14. The Morgan fingerprint density at radius 3 is 2.35 bits per heavy atom. The maximum absolute atomic E-state index is 11.8. The van der Waals surface area contributed by atoms with Crippen LogP contribution in [0.25, 0.3) is 0 Å². The van der Waals surface area contributed by atoms with Gasteiger partial charge in [-0.15, -0.1) is 0 Å². The lowest BCUT2D eigenvalue weighted by Gasteiger charge is -2.22. The van der Waals surface area contributed by atoms with Crippen LogP contribution in [-0.4, -0.2) is 47.2 Å². The van der Waals surface area contributed by atoms with E-state index in [0.29, 0.717) is 13.1 Å². The second-order valence-electron chi connectivity index (χ2n) is 5.62. The molecule has 17 heavy (non-hydrogen) atoms. The molecule has 0 bridgehead atoms. The molecule has 1 rings (SSSR count). The molecule has 0 radical (unpaired) electrons. The van der Waals surface area contributed by atoms with E-state index in [1.807, 2.05) is 27.7 Å². The van der Waals surface area contributed by atoms with Crippen LogP contribution in [0.5, 0.6) is 0 Å². The summed E-state index contributed by atoms with van der Waals surface area (Å²) in [6, 6.07) is 0. The number of likely N-dealkylation sites (tertiary alicyclic amines) is 1. The van der Waals surface area contributed by atoms with Crippen LogP contribution in [0.15, 0.2) is 0 Å². The van der Waals surface area contributed by atoms with E-state index in [1.165, 1.54) is 0 Å². The van der Waals surface area contributed by atoms with E-state index in [0.717, 1.165) is 0 Å². The number of hydrogen-bond acceptors (Lipinski definition) is 3. The Bertz CT molecular complexity index is 308. The fourth-order valence-corrected chi connectivity index (χ4v) is 1.86. The number of nitrogens with zero attached hydrogens (tertiary/aromatic N) is 1. The van der Waals surface area contributed by atoms with Gasteiger partial charge in [-0.1, -0.05) is 6.92 Å². The van der Waals surface area contributed by atoms with Gasteiger partial charge in [-0.2, -0.15) is 0 Å².